The third-order valence-electron chi connectivity index (χ3n) is 4.00. The summed E-state index contributed by atoms with van der Waals surface area (Å²) in [7, 11) is 0. The minimum absolute atomic E-state index is 0.0281. The monoisotopic (exact) mass is 319 g/mol. The van der Waals surface area contributed by atoms with E-state index in [0.717, 1.165) is 35.4 Å². The predicted molar refractivity (Wildman–Crippen MR) is 89.8 cm³/mol. The molecule has 0 bridgehead atoms. The zero-order chi connectivity index (χ0) is 15.5. The van der Waals surface area contributed by atoms with Gasteiger partial charge in [0.2, 0.25) is 0 Å². The number of Topliss-reactive ketones (excluding diaryl/α,β-unsaturated/α-hetero) is 1. The molecule has 1 aliphatic carbocycles. The molecule has 0 saturated heterocycles. The fourth-order valence-corrected chi connectivity index (χ4v) is 3.03. The topological polar surface area (TPSA) is 51.5 Å². The number of thioether (sulfide) groups is 1. The second kappa shape index (κ2) is 6.75. The van der Waals surface area contributed by atoms with Crippen LogP contribution in [0.5, 0.6) is 5.75 Å². The van der Waals surface area contributed by atoms with Crippen molar-refractivity contribution < 1.29 is 13.9 Å². The number of fused-ring (bicyclic) bond motifs is 1. The van der Waals surface area contributed by atoms with E-state index in [2.05, 4.69) is 11.6 Å². The highest BCUT2D eigenvalue weighted by molar-refractivity contribution is 7.98. The molecule has 1 fully saturated rings. The highest BCUT2D eigenvalue weighted by atomic mass is 32.2. The van der Waals surface area contributed by atoms with E-state index in [1.54, 1.807) is 17.8 Å². The van der Waals surface area contributed by atoms with E-state index in [1.807, 2.05) is 25.1 Å². The third-order valence-corrected chi connectivity index (χ3v) is 4.45. The Bertz CT molecular complexity index is 661. The zero-order valence-corrected chi connectivity index (χ0v) is 13.7. The van der Waals surface area contributed by atoms with E-state index < -0.39 is 0 Å². The first-order chi connectivity index (χ1) is 10.7. The molecule has 5 heteroatoms. The van der Waals surface area contributed by atoms with Crippen LogP contribution in [0.1, 0.15) is 36.7 Å². The summed E-state index contributed by atoms with van der Waals surface area (Å²) in [5.74, 6) is 2.30. The van der Waals surface area contributed by atoms with E-state index in [9.17, 15) is 4.79 Å². The quantitative estimate of drug-likeness (QED) is 0.620. The van der Waals surface area contributed by atoms with E-state index in [-0.39, 0.29) is 11.9 Å². The molecule has 0 atom stereocenters. The van der Waals surface area contributed by atoms with Gasteiger partial charge in [-0.25, -0.2) is 0 Å². The molecular formula is C17H21NO3S. The number of carbonyl (C=O) groups excluding carboxylic acids is 1. The van der Waals surface area contributed by atoms with Gasteiger partial charge in [-0.15, -0.1) is 11.8 Å². The lowest BCUT2D eigenvalue weighted by atomic mass is 9.89. The first-order valence-electron chi connectivity index (χ1n) is 7.65. The van der Waals surface area contributed by atoms with Crippen molar-refractivity contribution in [2.24, 2.45) is 0 Å². The Hall–Kier alpha value is -1.46. The van der Waals surface area contributed by atoms with E-state index in [1.165, 1.54) is 0 Å². The van der Waals surface area contributed by atoms with Crippen molar-refractivity contribution in [3.63, 3.8) is 0 Å². The molecule has 3 rings (SSSR count). The van der Waals surface area contributed by atoms with Crippen LogP contribution in [0.15, 0.2) is 28.7 Å². The first kappa shape index (κ1) is 15.4. The van der Waals surface area contributed by atoms with Gasteiger partial charge in [-0.1, -0.05) is 6.92 Å². The number of rotatable bonds is 7. The van der Waals surface area contributed by atoms with Crippen LogP contribution in [0.4, 0.5) is 0 Å². The highest BCUT2D eigenvalue weighted by Gasteiger charge is 2.30. The lowest BCUT2D eigenvalue weighted by molar-refractivity contribution is 0.0879. The fraction of sp³-hybridized carbons (Fsp3) is 0.471. The van der Waals surface area contributed by atoms with Crippen LogP contribution in [0, 0.1) is 0 Å². The molecule has 1 N–H and O–H groups in total. The lowest BCUT2D eigenvalue weighted by Crippen LogP contribution is -2.46. The molecule has 0 aliphatic heterocycles. The van der Waals surface area contributed by atoms with Crippen molar-refractivity contribution in [2.75, 3.05) is 12.1 Å². The number of nitrogens with one attached hydrogen (secondary N) is 1. The van der Waals surface area contributed by atoms with Crippen molar-refractivity contribution >= 4 is 28.5 Å². The summed E-state index contributed by atoms with van der Waals surface area (Å²) in [5.41, 5.74) is 0.734. The second-order valence-electron chi connectivity index (χ2n) is 5.63. The summed E-state index contributed by atoms with van der Waals surface area (Å²) in [6.07, 6.45) is 4.92. The molecule has 1 aromatic carbocycles. The predicted octanol–water partition coefficient (Wildman–Crippen LogP) is 3.85. The number of ether oxygens (including phenoxy) is 1. The fourth-order valence-electron chi connectivity index (χ4n) is 2.63. The van der Waals surface area contributed by atoms with Gasteiger partial charge in [0.25, 0.3) is 0 Å². The van der Waals surface area contributed by atoms with Gasteiger partial charge in [0, 0.05) is 23.7 Å². The normalized spacial score (nSPS) is 20.8. The van der Waals surface area contributed by atoms with Crippen molar-refractivity contribution in [1.82, 2.24) is 5.32 Å². The second-order valence-corrected chi connectivity index (χ2v) is 6.50. The van der Waals surface area contributed by atoms with E-state index in [4.69, 9.17) is 9.15 Å². The number of ketones is 1. The first-order valence-corrected chi connectivity index (χ1v) is 9.04. The minimum Gasteiger partial charge on any atom is -0.490 e. The Balaban J connectivity index is 1.62. The molecule has 1 aliphatic rings. The summed E-state index contributed by atoms with van der Waals surface area (Å²) >= 11 is 1.80. The van der Waals surface area contributed by atoms with Gasteiger partial charge in [0.15, 0.2) is 11.5 Å². The average molecular weight is 319 g/mol. The van der Waals surface area contributed by atoms with Gasteiger partial charge in [-0.3, -0.25) is 4.79 Å². The molecule has 0 spiro atoms. The minimum atomic E-state index is 0.0281. The van der Waals surface area contributed by atoms with Crippen LogP contribution in [0.3, 0.4) is 0 Å². The number of carbonyl (C=O) groups is 1. The standard InChI is InChI=1S/C17H21NO3S/c1-3-15(19)17-7-11-6-13(4-5-16(11)21-17)20-14-8-12(9-14)18-10-22-2/h4-7,12,14,18H,3,8-10H2,1-2H3. The van der Waals surface area contributed by atoms with E-state index >= 15 is 0 Å². The van der Waals surface area contributed by atoms with Gasteiger partial charge < -0.3 is 14.5 Å². The van der Waals surface area contributed by atoms with Gasteiger partial charge in [0.05, 0.1) is 0 Å². The molecule has 0 amide bonds. The Kier molecular flexibility index (Phi) is 4.74. The molecule has 22 heavy (non-hydrogen) atoms. The largest absolute Gasteiger partial charge is 0.490 e. The van der Waals surface area contributed by atoms with Crippen LogP contribution >= 0.6 is 11.8 Å². The molecule has 0 unspecified atom stereocenters. The maximum Gasteiger partial charge on any atom is 0.197 e. The summed E-state index contributed by atoms with van der Waals surface area (Å²) in [5, 5.41) is 4.39. The maximum atomic E-state index is 11.7. The summed E-state index contributed by atoms with van der Waals surface area (Å²) < 4.78 is 11.6. The Morgan fingerprint density at radius 1 is 1.41 bits per heavy atom. The van der Waals surface area contributed by atoms with Crippen molar-refractivity contribution in [1.29, 1.82) is 0 Å². The molecule has 2 aromatic rings. The number of benzene rings is 1. The van der Waals surface area contributed by atoms with Crippen LogP contribution in [-0.4, -0.2) is 30.1 Å². The smallest absolute Gasteiger partial charge is 0.197 e. The Labute approximate surface area is 134 Å². The number of hydrogen-bond donors (Lipinski definition) is 1. The van der Waals surface area contributed by atoms with Crippen LogP contribution in [0.2, 0.25) is 0 Å². The van der Waals surface area contributed by atoms with Gasteiger partial charge in [-0.2, -0.15) is 0 Å². The highest BCUT2D eigenvalue weighted by Crippen LogP contribution is 2.29. The lowest BCUT2D eigenvalue weighted by Gasteiger charge is -2.35. The SMILES string of the molecule is CCC(=O)c1cc2cc(OC3CC(NCSC)C3)ccc2o1. The van der Waals surface area contributed by atoms with Crippen LogP contribution < -0.4 is 10.1 Å². The molecular weight excluding hydrogens is 298 g/mol. The molecule has 1 heterocycles. The maximum absolute atomic E-state index is 11.7. The molecule has 118 valence electrons. The van der Waals surface area contributed by atoms with Crippen molar-refractivity contribution in [2.45, 2.75) is 38.3 Å². The summed E-state index contributed by atoms with van der Waals surface area (Å²) in [4.78, 5) is 11.7. The van der Waals surface area contributed by atoms with Gasteiger partial charge in [0.1, 0.15) is 17.4 Å². The average Bonchev–Trinajstić information content (AvgIpc) is 2.91. The van der Waals surface area contributed by atoms with E-state index in [0.29, 0.717) is 18.2 Å². The molecule has 1 aromatic heterocycles. The van der Waals surface area contributed by atoms with Gasteiger partial charge >= 0.3 is 0 Å². The molecule has 4 nitrogen and oxygen atoms in total. The summed E-state index contributed by atoms with van der Waals surface area (Å²) in [6.45, 7) is 1.84. The Morgan fingerprint density at radius 3 is 2.95 bits per heavy atom. The Morgan fingerprint density at radius 2 is 2.23 bits per heavy atom. The third kappa shape index (κ3) is 3.31. The van der Waals surface area contributed by atoms with Crippen LogP contribution in [0.25, 0.3) is 11.0 Å². The molecule has 1 saturated carbocycles. The summed E-state index contributed by atoms with van der Waals surface area (Å²) in [6, 6.07) is 8.11. The van der Waals surface area contributed by atoms with Crippen LogP contribution in [-0.2, 0) is 0 Å². The van der Waals surface area contributed by atoms with Crippen molar-refractivity contribution in [3.8, 4) is 5.75 Å². The van der Waals surface area contributed by atoms with Crippen molar-refractivity contribution in [3.05, 3.63) is 30.0 Å². The van der Waals surface area contributed by atoms with Gasteiger partial charge in [-0.05, 0) is 43.4 Å². The number of furan rings is 1. The number of hydrogen-bond acceptors (Lipinski definition) is 5. The zero-order valence-electron chi connectivity index (χ0n) is 12.9. The molecule has 0 radical (unpaired) electrons.